The number of hydrogen-bond donors (Lipinski definition) is 2. The van der Waals surface area contributed by atoms with Crippen molar-refractivity contribution in [2.75, 3.05) is 0 Å². The van der Waals surface area contributed by atoms with Crippen molar-refractivity contribution in [3.05, 3.63) is 76.5 Å². The molecule has 0 radical (unpaired) electrons. The molecule has 0 aliphatic rings. The fraction of sp³-hybridized carbons (Fsp3) is 0.143. The van der Waals surface area contributed by atoms with E-state index in [0.717, 1.165) is 15.3 Å². The van der Waals surface area contributed by atoms with Crippen molar-refractivity contribution < 1.29 is 14.0 Å². The van der Waals surface area contributed by atoms with Gasteiger partial charge in [-0.2, -0.15) is 0 Å². The van der Waals surface area contributed by atoms with E-state index in [4.69, 9.17) is 16.0 Å². The van der Waals surface area contributed by atoms with Crippen LogP contribution in [0.5, 0.6) is 0 Å². The van der Waals surface area contributed by atoms with Crippen molar-refractivity contribution in [1.29, 1.82) is 0 Å². The first-order valence-electron chi connectivity index (χ1n) is 8.66. The summed E-state index contributed by atoms with van der Waals surface area (Å²) in [7, 11) is 0. The van der Waals surface area contributed by atoms with Crippen molar-refractivity contribution in [2.24, 2.45) is 0 Å². The molecule has 2 heterocycles. The topological polar surface area (TPSA) is 71.3 Å². The molecule has 0 saturated heterocycles. The summed E-state index contributed by atoms with van der Waals surface area (Å²) in [6, 6.07) is 14.4. The number of nitrogens with one attached hydrogen (secondary N) is 2. The minimum absolute atomic E-state index is 0.280. The molecular formula is C21H19ClN2O3S. The SMILES string of the molecule is CC(NC(=O)/C=C/c1ccc(-c2ccccc2Cl)s1)C(=O)NCc1ccco1. The molecule has 1 atom stereocenters. The Hall–Kier alpha value is -2.83. The minimum Gasteiger partial charge on any atom is -0.467 e. The molecule has 0 saturated carbocycles. The summed E-state index contributed by atoms with van der Waals surface area (Å²) in [5.74, 6) is 0.0300. The molecule has 2 aromatic heterocycles. The largest absolute Gasteiger partial charge is 0.467 e. The van der Waals surface area contributed by atoms with Crippen LogP contribution >= 0.6 is 22.9 Å². The molecule has 144 valence electrons. The van der Waals surface area contributed by atoms with Crippen molar-refractivity contribution in [1.82, 2.24) is 10.6 Å². The van der Waals surface area contributed by atoms with Crippen LogP contribution < -0.4 is 10.6 Å². The number of halogens is 1. The number of amides is 2. The third-order valence-corrected chi connectivity index (χ3v) is 5.35. The van der Waals surface area contributed by atoms with E-state index in [1.807, 2.05) is 36.4 Å². The zero-order valence-electron chi connectivity index (χ0n) is 15.1. The van der Waals surface area contributed by atoms with Gasteiger partial charge >= 0.3 is 0 Å². The summed E-state index contributed by atoms with van der Waals surface area (Å²) in [6.07, 6.45) is 4.67. The molecule has 0 bridgehead atoms. The monoisotopic (exact) mass is 414 g/mol. The van der Waals surface area contributed by atoms with Crippen LogP contribution in [0.15, 0.2) is 65.3 Å². The zero-order valence-corrected chi connectivity index (χ0v) is 16.7. The number of carbonyl (C=O) groups is 2. The van der Waals surface area contributed by atoms with E-state index in [0.29, 0.717) is 10.8 Å². The molecule has 2 amide bonds. The third kappa shape index (κ3) is 5.34. The molecule has 2 N–H and O–H groups in total. The Morgan fingerprint density at radius 1 is 1.18 bits per heavy atom. The molecule has 0 aliphatic carbocycles. The maximum Gasteiger partial charge on any atom is 0.244 e. The van der Waals surface area contributed by atoms with Gasteiger partial charge in [0.1, 0.15) is 11.8 Å². The van der Waals surface area contributed by atoms with Crippen molar-refractivity contribution in [3.63, 3.8) is 0 Å². The molecule has 28 heavy (non-hydrogen) atoms. The molecule has 3 rings (SSSR count). The average molecular weight is 415 g/mol. The summed E-state index contributed by atoms with van der Waals surface area (Å²) in [6.45, 7) is 1.91. The van der Waals surface area contributed by atoms with Gasteiger partial charge in [-0.1, -0.05) is 29.8 Å². The summed E-state index contributed by atoms with van der Waals surface area (Å²) in [5.41, 5.74) is 0.958. The highest BCUT2D eigenvalue weighted by molar-refractivity contribution is 7.16. The first-order chi connectivity index (χ1) is 13.5. The second-order valence-electron chi connectivity index (χ2n) is 6.04. The van der Waals surface area contributed by atoms with E-state index in [1.165, 1.54) is 17.4 Å². The lowest BCUT2D eigenvalue weighted by Gasteiger charge is -2.12. The molecule has 7 heteroatoms. The Balaban J connectivity index is 1.52. The third-order valence-electron chi connectivity index (χ3n) is 3.93. The lowest BCUT2D eigenvalue weighted by atomic mass is 10.2. The zero-order chi connectivity index (χ0) is 19.9. The van der Waals surface area contributed by atoms with Gasteiger partial charge in [-0.3, -0.25) is 9.59 Å². The predicted molar refractivity (Wildman–Crippen MR) is 112 cm³/mol. The lowest BCUT2D eigenvalue weighted by Crippen LogP contribution is -2.43. The maximum absolute atomic E-state index is 12.1. The molecule has 1 unspecified atom stereocenters. The number of rotatable bonds is 7. The second kappa shape index (κ2) is 9.39. The Kier molecular flexibility index (Phi) is 6.68. The molecule has 0 aliphatic heterocycles. The Morgan fingerprint density at radius 2 is 2.00 bits per heavy atom. The van der Waals surface area contributed by atoms with Crippen LogP contribution in [0.4, 0.5) is 0 Å². The highest BCUT2D eigenvalue weighted by Crippen LogP contribution is 2.33. The van der Waals surface area contributed by atoms with E-state index in [2.05, 4.69) is 10.6 Å². The predicted octanol–water partition coefficient (Wildman–Crippen LogP) is 4.50. The second-order valence-corrected chi connectivity index (χ2v) is 7.57. The van der Waals surface area contributed by atoms with Gasteiger partial charge < -0.3 is 15.1 Å². The van der Waals surface area contributed by atoms with Gasteiger partial charge in [-0.25, -0.2) is 0 Å². The number of hydrogen-bond acceptors (Lipinski definition) is 4. The van der Waals surface area contributed by atoms with Crippen molar-refractivity contribution in [3.8, 4) is 10.4 Å². The summed E-state index contributed by atoms with van der Waals surface area (Å²) < 4.78 is 5.15. The van der Waals surface area contributed by atoms with Crippen LogP contribution in [0.1, 0.15) is 17.6 Å². The summed E-state index contributed by atoms with van der Waals surface area (Å²) in [4.78, 5) is 26.1. The molecule has 0 fully saturated rings. The van der Waals surface area contributed by atoms with Crippen LogP contribution in [-0.4, -0.2) is 17.9 Å². The number of benzene rings is 1. The van der Waals surface area contributed by atoms with E-state index in [1.54, 1.807) is 31.4 Å². The van der Waals surface area contributed by atoms with E-state index < -0.39 is 6.04 Å². The van der Waals surface area contributed by atoms with Crippen LogP contribution in [0.3, 0.4) is 0 Å². The quantitative estimate of drug-likeness (QED) is 0.559. The highest BCUT2D eigenvalue weighted by atomic mass is 35.5. The van der Waals surface area contributed by atoms with Crippen LogP contribution in [0.2, 0.25) is 5.02 Å². The van der Waals surface area contributed by atoms with Crippen LogP contribution in [0.25, 0.3) is 16.5 Å². The van der Waals surface area contributed by atoms with Crippen LogP contribution in [0, 0.1) is 0 Å². The number of furan rings is 1. The van der Waals surface area contributed by atoms with E-state index >= 15 is 0 Å². The number of carbonyl (C=O) groups excluding carboxylic acids is 2. The molecule has 3 aromatic rings. The highest BCUT2D eigenvalue weighted by Gasteiger charge is 2.14. The minimum atomic E-state index is -0.658. The Labute approximate surface area is 172 Å². The molecule has 5 nitrogen and oxygen atoms in total. The van der Waals surface area contributed by atoms with Gasteiger partial charge in [-0.15, -0.1) is 11.3 Å². The molecule has 1 aromatic carbocycles. The van der Waals surface area contributed by atoms with Crippen LogP contribution in [-0.2, 0) is 16.1 Å². The normalized spacial score (nSPS) is 12.1. The van der Waals surface area contributed by atoms with Gasteiger partial charge in [0, 0.05) is 26.4 Å². The fourth-order valence-corrected chi connectivity index (χ4v) is 3.72. The maximum atomic E-state index is 12.1. The lowest BCUT2D eigenvalue weighted by molar-refractivity contribution is -0.126. The van der Waals surface area contributed by atoms with E-state index in [9.17, 15) is 9.59 Å². The first-order valence-corrected chi connectivity index (χ1v) is 9.86. The van der Waals surface area contributed by atoms with Crippen molar-refractivity contribution >= 4 is 40.8 Å². The Morgan fingerprint density at radius 3 is 2.75 bits per heavy atom. The van der Waals surface area contributed by atoms with E-state index in [-0.39, 0.29) is 18.4 Å². The Bertz CT molecular complexity index is 979. The summed E-state index contributed by atoms with van der Waals surface area (Å²) in [5, 5.41) is 6.04. The summed E-state index contributed by atoms with van der Waals surface area (Å²) >= 11 is 7.75. The smallest absolute Gasteiger partial charge is 0.244 e. The van der Waals surface area contributed by atoms with Gasteiger partial charge in [-0.05, 0) is 43.3 Å². The van der Waals surface area contributed by atoms with Crippen molar-refractivity contribution in [2.45, 2.75) is 19.5 Å². The first kappa shape index (κ1) is 19.9. The molecule has 0 spiro atoms. The fourth-order valence-electron chi connectivity index (χ4n) is 2.47. The van der Waals surface area contributed by atoms with Gasteiger partial charge in [0.15, 0.2) is 0 Å². The number of thiophene rings is 1. The van der Waals surface area contributed by atoms with Gasteiger partial charge in [0.25, 0.3) is 0 Å². The average Bonchev–Trinajstić information content (AvgIpc) is 3.36. The van der Waals surface area contributed by atoms with Gasteiger partial charge in [0.2, 0.25) is 11.8 Å². The standard InChI is InChI=1S/C21H19ClN2O3S/c1-14(21(26)23-13-15-5-4-12-27-15)24-20(25)11-9-16-8-10-19(28-16)17-6-2-3-7-18(17)22/h2-12,14H,13H2,1H3,(H,23,26)(H,24,25)/b11-9+. The van der Waals surface area contributed by atoms with Gasteiger partial charge in [0.05, 0.1) is 12.8 Å². The molecular weight excluding hydrogens is 396 g/mol.